The Kier molecular flexibility index (Phi) is 3.27. The van der Waals surface area contributed by atoms with E-state index in [4.69, 9.17) is 5.73 Å². The highest BCUT2D eigenvalue weighted by Crippen LogP contribution is 2.22. The molecule has 0 aliphatic heterocycles. The van der Waals surface area contributed by atoms with E-state index in [2.05, 4.69) is 4.90 Å². The first-order chi connectivity index (χ1) is 5.24. The molecular formula is C8H17FN2. The second kappa shape index (κ2) is 4.02. The van der Waals surface area contributed by atoms with Crippen molar-refractivity contribution in [2.24, 2.45) is 5.73 Å². The number of hydrogen-bond donors (Lipinski definition) is 1. The molecule has 0 unspecified atom stereocenters. The normalized spacial score (nSPS) is 30.5. The van der Waals surface area contributed by atoms with Gasteiger partial charge in [0.15, 0.2) is 0 Å². The van der Waals surface area contributed by atoms with Gasteiger partial charge in [-0.2, -0.15) is 0 Å². The van der Waals surface area contributed by atoms with Gasteiger partial charge in [0.25, 0.3) is 0 Å². The SMILES string of the molecule is CN(CCCF)C1CC(N)C1. The summed E-state index contributed by atoms with van der Waals surface area (Å²) < 4.78 is 11.8. The molecule has 1 aliphatic carbocycles. The molecule has 1 fully saturated rings. The average molecular weight is 160 g/mol. The molecule has 3 heteroatoms. The van der Waals surface area contributed by atoms with Gasteiger partial charge in [-0.3, -0.25) is 4.39 Å². The first-order valence-corrected chi connectivity index (χ1v) is 4.26. The van der Waals surface area contributed by atoms with Gasteiger partial charge in [-0.25, -0.2) is 0 Å². The highest BCUT2D eigenvalue weighted by molar-refractivity contribution is 4.88. The first kappa shape index (κ1) is 8.94. The van der Waals surface area contributed by atoms with E-state index < -0.39 is 0 Å². The smallest absolute Gasteiger partial charge is 0.0906 e. The summed E-state index contributed by atoms with van der Waals surface area (Å²) in [6.07, 6.45) is 2.83. The second-order valence-electron chi connectivity index (χ2n) is 3.41. The van der Waals surface area contributed by atoms with Gasteiger partial charge >= 0.3 is 0 Å². The van der Waals surface area contributed by atoms with E-state index in [0.717, 1.165) is 19.4 Å². The zero-order valence-corrected chi connectivity index (χ0v) is 7.09. The van der Waals surface area contributed by atoms with Gasteiger partial charge in [0.2, 0.25) is 0 Å². The summed E-state index contributed by atoms with van der Waals surface area (Å²) in [5.74, 6) is 0. The van der Waals surface area contributed by atoms with Gasteiger partial charge in [-0.1, -0.05) is 0 Å². The Morgan fingerprint density at radius 1 is 1.55 bits per heavy atom. The van der Waals surface area contributed by atoms with Crippen molar-refractivity contribution in [3.05, 3.63) is 0 Å². The third-order valence-electron chi connectivity index (χ3n) is 2.42. The van der Waals surface area contributed by atoms with Gasteiger partial charge in [0.05, 0.1) is 6.67 Å². The van der Waals surface area contributed by atoms with Crippen LogP contribution in [0.4, 0.5) is 4.39 Å². The van der Waals surface area contributed by atoms with Crippen LogP contribution in [0.25, 0.3) is 0 Å². The molecule has 0 amide bonds. The van der Waals surface area contributed by atoms with Crippen molar-refractivity contribution in [2.75, 3.05) is 20.3 Å². The monoisotopic (exact) mass is 160 g/mol. The van der Waals surface area contributed by atoms with E-state index >= 15 is 0 Å². The molecule has 0 heterocycles. The van der Waals surface area contributed by atoms with Crippen molar-refractivity contribution in [1.82, 2.24) is 4.90 Å². The Morgan fingerprint density at radius 3 is 2.64 bits per heavy atom. The molecule has 0 aromatic rings. The number of rotatable bonds is 4. The third kappa shape index (κ3) is 2.42. The lowest BCUT2D eigenvalue weighted by Crippen LogP contribution is -2.49. The minimum atomic E-state index is -0.205. The Hall–Kier alpha value is -0.150. The molecular weight excluding hydrogens is 143 g/mol. The molecule has 2 N–H and O–H groups in total. The topological polar surface area (TPSA) is 29.3 Å². The summed E-state index contributed by atoms with van der Waals surface area (Å²) in [4.78, 5) is 2.21. The Balaban J connectivity index is 2.06. The maximum absolute atomic E-state index is 11.8. The summed E-state index contributed by atoms with van der Waals surface area (Å²) in [7, 11) is 2.05. The average Bonchev–Trinajstić information content (AvgIpc) is 1.94. The lowest BCUT2D eigenvalue weighted by atomic mass is 9.86. The molecule has 1 rings (SSSR count). The maximum Gasteiger partial charge on any atom is 0.0906 e. The van der Waals surface area contributed by atoms with E-state index in [1.807, 2.05) is 7.05 Å². The van der Waals surface area contributed by atoms with Crippen LogP contribution in [0.3, 0.4) is 0 Å². The van der Waals surface area contributed by atoms with Gasteiger partial charge < -0.3 is 10.6 Å². The summed E-state index contributed by atoms with van der Waals surface area (Å²) in [5, 5.41) is 0. The highest BCUT2D eigenvalue weighted by Gasteiger charge is 2.28. The quantitative estimate of drug-likeness (QED) is 0.658. The predicted molar refractivity (Wildman–Crippen MR) is 44.2 cm³/mol. The van der Waals surface area contributed by atoms with Crippen LogP contribution in [0, 0.1) is 0 Å². The number of nitrogens with two attached hydrogens (primary N) is 1. The number of hydrogen-bond acceptors (Lipinski definition) is 2. The van der Waals surface area contributed by atoms with Crippen LogP contribution >= 0.6 is 0 Å². The summed E-state index contributed by atoms with van der Waals surface area (Å²) >= 11 is 0. The number of halogens is 1. The molecule has 66 valence electrons. The van der Waals surface area contributed by atoms with Crippen molar-refractivity contribution < 1.29 is 4.39 Å². The maximum atomic E-state index is 11.8. The van der Waals surface area contributed by atoms with Crippen LogP contribution in [0.5, 0.6) is 0 Å². The van der Waals surface area contributed by atoms with Crippen molar-refractivity contribution in [3.8, 4) is 0 Å². The van der Waals surface area contributed by atoms with E-state index in [9.17, 15) is 4.39 Å². The largest absolute Gasteiger partial charge is 0.328 e. The van der Waals surface area contributed by atoms with Gasteiger partial charge in [-0.15, -0.1) is 0 Å². The predicted octanol–water partition coefficient (Wildman–Crippen LogP) is 0.767. The highest BCUT2D eigenvalue weighted by atomic mass is 19.1. The molecule has 0 aromatic carbocycles. The first-order valence-electron chi connectivity index (χ1n) is 4.26. The summed E-state index contributed by atoms with van der Waals surface area (Å²) in [6, 6.07) is 1.02. The van der Waals surface area contributed by atoms with E-state index in [-0.39, 0.29) is 6.67 Å². The fourth-order valence-corrected chi connectivity index (χ4v) is 1.48. The van der Waals surface area contributed by atoms with Crippen LogP contribution in [0.1, 0.15) is 19.3 Å². The molecule has 0 spiro atoms. The van der Waals surface area contributed by atoms with Gasteiger partial charge in [-0.05, 0) is 26.3 Å². The Labute approximate surface area is 67.6 Å². The molecule has 0 aromatic heterocycles. The van der Waals surface area contributed by atoms with Crippen molar-refractivity contribution in [2.45, 2.75) is 31.3 Å². The van der Waals surface area contributed by atoms with Gasteiger partial charge in [0, 0.05) is 18.6 Å². The molecule has 0 radical (unpaired) electrons. The standard InChI is InChI=1S/C8H17FN2/c1-11(4-2-3-9)8-5-7(10)6-8/h7-8H,2-6,10H2,1H3. The summed E-state index contributed by atoms with van der Waals surface area (Å²) in [5.41, 5.74) is 5.63. The van der Waals surface area contributed by atoms with E-state index in [1.165, 1.54) is 0 Å². The molecule has 1 saturated carbocycles. The third-order valence-corrected chi connectivity index (χ3v) is 2.42. The van der Waals surface area contributed by atoms with Crippen LogP contribution < -0.4 is 5.73 Å². The lowest BCUT2D eigenvalue weighted by molar-refractivity contribution is 0.135. The van der Waals surface area contributed by atoms with Crippen LogP contribution in [0.2, 0.25) is 0 Å². The Morgan fingerprint density at radius 2 is 2.18 bits per heavy atom. The van der Waals surface area contributed by atoms with Crippen LogP contribution in [-0.2, 0) is 0 Å². The zero-order chi connectivity index (χ0) is 8.27. The zero-order valence-electron chi connectivity index (χ0n) is 7.09. The molecule has 0 saturated heterocycles. The van der Waals surface area contributed by atoms with Crippen molar-refractivity contribution in [3.63, 3.8) is 0 Å². The summed E-state index contributed by atoms with van der Waals surface area (Å²) in [6.45, 7) is 0.664. The van der Waals surface area contributed by atoms with E-state index in [0.29, 0.717) is 18.5 Å². The lowest BCUT2D eigenvalue weighted by Gasteiger charge is -2.39. The van der Waals surface area contributed by atoms with Crippen LogP contribution in [-0.4, -0.2) is 37.3 Å². The minimum Gasteiger partial charge on any atom is -0.328 e. The Bertz CT molecular complexity index is 113. The second-order valence-corrected chi connectivity index (χ2v) is 3.41. The molecule has 11 heavy (non-hydrogen) atoms. The van der Waals surface area contributed by atoms with Crippen molar-refractivity contribution >= 4 is 0 Å². The molecule has 0 atom stereocenters. The fourth-order valence-electron chi connectivity index (χ4n) is 1.48. The van der Waals surface area contributed by atoms with Crippen molar-refractivity contribution in [1.29, 1.82) is 0 Å². The number of alkyl halides is 1. The molecule has 2 nitrogen and oxygen atoms in total. The fraction of sp³-hybridized carbons (Fsp3) is 1.00. The number of nitrogens with zero attached hydrogens (tertiary/aromatic N) is 1. The molecule has 1 aliphatic rings. The molecule has 0 bridgehead atoms. The van der Waals surface area contributed by atoms with Crippen LogP contribution in [0.15, 0.2) is 0 Å². The van der Waals surface area contributed by atoms with E-state index in [1.54, 1.807) is 0 Å². The minimum absolute atomic E-state index is 0.205. The van der Waals surface area contributed by atoms with Gasteiger partial charge in [0.1, 0.15) is 0 Å².